The molecule has 1 N–H and O–H groups in total. The molecule has 0 aromatic carbocycles. The summed E-state index contributed by atoms with van der Waals surface area (Å²) in [5.41, 5.74) is -0.211. The Morgan fingerprint density at radius 1 is 1.55 bits per heavy atom. The fourth-order valence-corrected chi connectivity index (χ4v) is 2.15. The van der Waals surface area contributed by atoms with Gasteiger partial charge < -0.3 is 5.32 Å². The molecule has 0 unspecified atom stereocenters. The van der Waals surface area contributed by atoms with Gasteiger partial charge in [-0.1, -0.05) is 0 Å². The molecule has 0 aromatic rings. The van der Waals surface area contributed by atoms with Gasteiger partial charge in [-0.05, 0) is 13.3 Å². The molecule has 1 amide bonds. The van der Waals surface area contributed by atoms with Crippen molar-refractivity contribution in [3.63, 3.8) is 0 Å². The smallest absolute Gasteiger partial charge is 0.224 e. The van der Waals surface area contributed by atoms with Crippen LogP contribution in [-0.2, 0) is 9.59 Å². The van der Waals surface area contributed by atoms with E-state index in [2.05, 4.69) is 5.32 Å². The molecule has 2 bridgehead atoms. The highest BCUT2D eigenvalue weighted by Gasteiger charge is 2.46. The van der Waals surface area contributed by atoms with Gasteiger partial charge in [-0.3, -0.25) is 9.59 Å². The largest absolute Gasteiger partial charge is 0.350 e. The first-order valence-electron chi connectivity index (χ1n) is 3.93. The van der Waals surface area contributed by atoms with Gasteiger partial charge >= 0.3 is 0 Å². The van der Waals surface area contributed by atoms with E-state index >= 15 is 0 Å². The van der Waals surface area contributed by atoms with Crippen LogP contribution in [-0.4, -0.2) is 17.2 Å². The van der Waals surface area contributed by atoms with E-state index in [1.54, 1.807) is 0 Å². The van der Waals surface area contributed by atoms with Crippen LogP contribution in [0, 0.1) is 5.92 Å². The van der Waals surface area contributed by atoms with Crippen LogP contribution in [0.1, 0.15) is 26.2 Å². The highest BCUT2D eigenvalue weighted by molar-refractivity contribution is 5.93. The van der Waals surface area contributed by atoms with Crippen LogP contribution in [0.3, 0.4) is 0 Å². The molecule has 0 spiro atoms. The quantitative estimate of drug-likeness (QED) is 0.542. The van der Waals surface area contributed by atoms with Crippen LogP contribution >= 0.6 is 0 Å². The van der Waals surface area contributed by atoms with Crippen molar-refractivity contribution in [2.45, 2.75) is 31.7 Å². The molecule has 1 aliphatic carbocycles. The third-order valence-corrected chi connectivity index (χ3v) is 2.55. The highest BCUT2D eigenvalue weighted by atomic mass is 16.2. The number of hydrogen-bond donors (Lipinski definition) is 1. The minimum atomic E-state index is -0.211. The number of carbonyl (C=O) groups excluding carboxylic acids is 2. The number of fused-ring (bicyclic) bond motifs is 2. The van der Waals surface area contributed by atoms with Crippen LogP contribution in [0.5, 0.6) is 0 Å². The first-order chi connectivity index (χ1) is 5.09. The van der Waals surface area contributed by atoms with Crippen molar-refractivity contribution in [2.24, 2.45) is 5.92 Å². The Kier molecular flexibility index (Phi) is 1.14. The normalized spacial score (nSPS) is 42.5. The molecule has 0 radical (unpaired) electrons. The minimum absolute atomic E-state index is 0.0266. The van der Waals surface area contributed by atoms with Crippen molar-refractivity contribution < 1.29 is 9.59 Å². The standard InChI is InChI=1S/C8H11NO2/c1-8-3-5(7(11)9-8)2-6(10)4-8/h5H,2-4H2,1H3,(H,9,11)/t5-,8+/m0/s1. The molecule has 11 heavy (non-hydrogen) atoms. The zero-order valence-corrected chi connectivity index (χ0v) is 6.52. The van der Waals surface area contributed by atoms with Crippen molar-refractivity contribution >= 4 is 11.7 Å². The van der Waals surface area contributed by atoms with Gasteiger partial charge in [-0.25, -0.2) is 0 Å². The summed E-state index contributed by atoms with van der Waals surface area (Å²) in [6, 6.07) is 0. The number of hydrogen-bond acceptors (Lipinski definition) is 2. The number of rotatable bonds is 0. The Morgan fingerprint density at radius 3 is 2.91 bits per heavy atom. The second-order valence-electron chi connectivity index (χ2n) is 3.87. The van der Waals surface area contributed by atoms with Gasteiger partial charge in [0.15, 0.2) is 0 Å². The summed E-state index contributed by atoms with van der Waals surface area (Å²) in [5.74, 6) is 0.265. The first-order valence-corrected chi connectivity index (χ1v) is 3.93. The number of Topliss-reactive ketones (excluding diaryl/α,β-unsaturated/α-hetero) is 1. The fraction of sp³-hybridized carbons (Fsp3) is 0.750. The van der Waals surface area contributed by atoms with Crippen LogP contribution < -0.4 is 5.32 Å². The second-order valence-corrected chi connectivity index (χ2v) is 3.87. The van der Waals surface area contributed by atoms with E-state index in [0.29, 0.717) is 12.8 Å². The van der Waals surface area contributed by atoms with E-state index in [1.165, 1.54) is 0 Å². The van der Waals surface area contributed by atoms with Gasteiger partial charge in [0.2, 0.25) is 5.91 Å². The van der Waals surface area contributed by atoms with Crippen molar-refractivity contribution in [3.05, 3.63) is 0 Å². The van der Waals surface area contributed by atoms with Crippen LogP contribution in [0.2, 0.25) is 0 Å². The number of nitrogens with one attached hydrogen (secondary N) is 1. The van der Waals surface area contributed by atoms with Gasteiger partial charge in [0, 0.05) is 24.3 Å². The summed E-state index contributed by atoms with van der Waals surface area (Å²) in [7, 11) is 0. The molecule has 1 aliphatic heterocycles. The average molecular weight is 153 g/mol. The van der Waals surface area contributed by atoms with Gasteiger partial charge in [-0.15, -0.1) is 0 Å². The Labute approximate surface area is 65.2 Å². The summed E-state index contributed by atoms with van der Waals surface area (Å²) in [6.07, 6.45) is 1.83. The molecule has 1 saturated carbocycles. The third-order valence-electron chi connectivity index (χ3n) is 2.55. The molecule has 2 rings (SSSR count). The maximum Gasteiger partial charge on any atom is 0.224 e. The van der Waals surface area contributed by atoms with Crippen molar-refractivity contribution in [1.82, 2.24) is 5.32 Å². The summed E-state index contributed by atoms with van der Waals surface area (Å²) in [4.78, 5) is 22.2. The lowest BCUT2D eigenvalue weighted by molar-refractivity contribution is -0.126. The molecule has 1 heterocycles. The minimum Gasteiger partial charge on any atom is -0.350 e. The Bertz CT molecular complexity index is 232. The van der Waals surface area contributed by atoms with Gasteiger partial charge in [-0.2, -0.15) is 0 Å². The van der Waals surface area contributed by atoms with E-state index in [1.807, 2.05) is 6.92 Å². The zero-order chi connectivity index (χ0) is 8.06. The number of carbonyl (C=O) groups is 2. The Balaban J connectivity index is 2.29. The molecule has 1 saturated heterocycles. The molecule has 60 valence electrons. The predicted molar refractivity (Wildman–Crippen MR) is 38.9 cm³/mol. The van der Waals surface area contributed by atoms with Crippen molar-refractivity contribution in [2.75, 3.05) is 0 Å². The molecule has 3 nitrogen and oxygen atoms in total. The lowest BCUT2D eigenvalue weighted by atomic mass is 9.81. The Hall–Kier alpha value is -0.860. The topological polar surface area (TPSA) is 46.2 Å². The van der Waals surface area contributed by atoms with Crippen LogP contribution in [0.25, 0.3) is 0 Å². The summed E-state index contributed by atoms with van der Waals surface area (Å²) >= 11 is 0. The van der Waals surface area contributed by atoms with Gasteiger partial charge in [0.25, 0.3) is 0 Å². The molecular formula is C8H11NO2. The molecule has 3 heteroatoms. The number of ketones is 1. The molecule has 0 aromatic heterocycles. The number of amides is 1. The van der Waals surface area contributed by atoms with E-state index in [9.17, 15) is 9.59 Å². The lowest BCUT2D eigenvalue weighted by Gasteiger charge is -2.25. The monoisotopic (exact) mass is 153 g/mol. The van der Waals surface area contributed by atoms with E-state index in [-0.39, 0.29) is 23.1 Å². The maximum atomic E-state index is 11.1. The lowest BCUT2D eigenvalue weighted by Crippen LogP contribution is -2.40. The zero-order valence-electron chi connectivity index (χ0n) is 6.52. The third kappa shape index (κ3) is 0.951. The summed E-state index contributed by atoms with van der Waals surface area (Å²) in [5, 5.41) is 2.86. The second kappa shape index (κ2) is 1.84. The average Bonchev–Trinajstić information content (AvgIpc) is 2.01. The van der Waals surface area contributed by atoms with Crippen molar-refractivity contribution in [1.29, 1.82) is 0 Å². The van der Waals surface area contributed by atoms with E-state index < -0.39 is 0 Å². The van der Waals surface area contributed by atoms with Crippen LogP contribution in [0.15, 0.2) is 0 Å². The predicted octanol–water partition coefficient (Wildman–Crippen LogP) is 0.244. The molecule has 2 aliphatic rings. The van der Waals surface area contributed by atoms with Gasteiger partial charge in [0.05, 0.1) is 0 Å². The summed E-state index contributed by atoms with van der Waals surface area (Å²) < 4.78 is 0. The fourth-order valence-electron chi connectivity index (χ4n) is 2.15. The first kappa shape index (κ1) is 6.83. The maximum absolute atomic E-state index is 11.1. The summed E-state index contributed by atoms with van der Waals surface area (Å²) in [6.45, 7) is 1.95. The Morgan fingerprint density at radius 2 is 2.27 bits per heavy atom. The SMILES string of the molecule is C[C@]12CC(=O)C[C@@H](C1)C(=O)N2. The molecular weight excluding hydrogens is 142 g/mol. The van der Waals surface area contributed by atoms with E-state index in [0.717, 1.165) is 6.42 Å². The van der Waals surface area contributed by atoms with Crippen LogP contribution in [0.4, 0.5) is 0 Å². The molecule has 2 atom stereocenters. The van der Waals surface area contributed by atoms with Crippen molar-refractivity contribution in [3.8, 4) is 0 Å². The molecule has 2 fully saturated rings. The highest BCUT2D eigenvalue weighted by Crippen LogP contribution is 2.35. The van der Waals surface area contributed by atoms with Gasteiger partial charge in [0.1, 0.15) is 5.78 Å². The van der Waals surface area contributed by atoms with E-state index in [4.69, 9.17) is 0 Å².